The van der Waals surface area contributed by atoms with E-state index in [-0.39, 0.29) is 18.0 Å². The Morgan fingerprint density at radius 2 is 1.73 bits per heavy atom. The van der Waals surface area contributed by atoms with Gasteiger partial charge in [0.15, 0.2) is 0 Å². The number of hydrogen-bond donors (Lipinski definition) is 0. The molecule has 1 nitrogen and oxygen atoms in total. The molecule has 114 valence electrons. The molecule has 0 unspecified atom stereocenters. The molecule has 0 spiro atoms. The van der Waals surface area contributed by atoms with Gasteiger partial charge >= 0.3 is 0 Å². The highest BCUT2D eigenvalue weighted by Gasteiger charge is 2.14. The van der Waals surface area contributed by atoms with Crippen LogP contribution < -0.4 is 4.74 Å². The number of benzene rings is 2. The van der Waals surface area contributed by atoms with Crippen molar-refractivity contribution < 1.29 is 17.9 Å². The zero-order valence-electron chi connectivity index (χ0n) is 11.9. The molecular weight excluding hydrogens is 289 g/mol. The van der Waals surface area contributed by atoms with Crippen LogP contribution in [0.4, 0.5) is 13.2 Å². The topological polar surface area (TPSA) is 9.23 Å². The number of hydrogen-bond acceptors (Lipinski definition) is 1. The fraction of sp³-hybridized carbons (Fsp3) is 0.222. The Labute approximate surface area is 127 Å². The van der Waals surface area contributed by atoms with Crippen molar-refractivity contribution in [3.05, 3.63) is 71.1 Å². The monoisotopic (exact) mass is 304 g/mol. The van der Waals surface area contributed by atoms with Gasteiger partial charge in [0.25, 0.3) is 0 Å². The number of allylic oxidation sites excluding steroid dienone is 2. The second kappa shape index (κ2) is 6.26. The smallest absolute Gasteiger partial charge is 0.132 e. The summed E-state index contributed by atoms with van der Waals surface area (Å²) in [7, 11) is 0. The molecule has 0 heterocycles. The van der Waals surface area contributed by atoms with Gasteiger partial charge < -0.3 is 4.74 Å². The molecule has 0 atom stereocenters. The van der Waals surface area contributed by atoms with E-state index in [4.69, 9.17) is 4.74 Å². The maximum absolute atomic E-state index is 13.6. The molecule has 3 rings (SSSR count). The van der Waals surface area contributed by atoms with Crippen LogP contribution in [0.15, 0.2) is 42.5 Å². The largest absolute Gasteiger partial charge is 0.488 e. The minimum absolute atomic E-state index is 0.0297. The minimum Gasteiger partial charge on any atom is -0.488 e. The summed E-state index contributed by atoms with van der Waals surface area (Å²) < 4.78 is 45.7. The lowest BCUT2D eigenvalue weighted by atomic mass is 10.0. The predicted molar refractivity (Wildman–Crippen MR) is 78.9 cm³/mol. The third kappa shape index (κ3) is 3.16. The Bertz CT molecular complexity index is 722. The first-order valence-electron chi connectivity index (χ1n) is 7.19. The van der Waals surface area contributed by atoms with E-state index in [1.165, 1.54) is 24.3 Å². The van der Waals surface area contributed by atoms with Crippen LogP contribution in [0.25, 0.3) is 5.57 Å². The average molecular weight is 304 g/mol. The highest BCUT2D eigenvalue weighted by atomic mass is 19.1. The van der Waals surface area contributed by atoms with Gasteiger partial charge in [-0.3, -0.25) is 0 Å². The Kier molecular flexibility index (Phi) is 4.18. The Hall–Kier alpha value is -2.23. The third-order valence-electron chi connectivity index (χ3n) is 3.73. The molecule has 2 aromatic rings. The average Bonchev–Trinajstić information content (AvgIpc) is 3.01. The summed E-state index contributed by atoms with van der Waals surface area (Å²) in [6.45, 7) is -0.0297. The quantitative estimate of drug-likeness (QED) is 0.749. The summed E-state index contributed by atoms with van der Waals surface area (Å²) in [5.74, 6) is -1.09. The highest BCUT2D eigenvalue weighted by molar-refractivity contribution is 5.71. The van der Waals surface area contributed by atoms with E-state index in [1.807, 2.05) is 0 Å². The molecule has 0 radical (unpaired) electrons. The van der Waals surface area contributed by atoms with E-state index in [1.54, 1.807) is 6.07 Å². The van der Waals surface area contributed by atoms with Crippen LogP contribution in [-0.2, 0) is 6.61 Å². The molecular formula is C18H15F3O. The Morgan fingerprint density at radius 1 is 0.955 bits per heavy atom. The van der Waals surface area contributed by atoms with Crippen LogP contribution >= 0.6 is 0 Å². The van der Waals surface area contributed by atoms with Gasteiger partial charge in [0.05, 0.1) is 0 Å². The minimum atomic E-state index is -0.649. The second-order valence-electron chi connectivity index (χ2n) is 5.29. The van der Waals surface area contributed by atoms with Crippen LogP contribution in [0.5, 0.6) is 5.75 Å². The molecule has 2 aromatic carbocycles. The van der Waals surface area contributed by atoms with Crippen molar-refractivity contribution in [2.24, 2.45) is 0 Å². The molecule has 1 aliphatic rings. The van der Waals surface area contributed by atoms with Crippen LogP contribution in [0.3, 0.4) is 0 Å². The summed E-state index contributed by atoms with van der Waals surface area (Å²) in [4.78, 5) is 0. The van der Waals surface area contributed by atoms with Crippen LogP contribution in [-0.4, -0.2) is 0 Å². The normalized spacial score (nSPS) is 14.0. The lowest BCUT2D eigenvalue weighted by Crippen LogP contribution is -2.01. The van der Waals surface area contributed by atoms with Gasteiger partial charge in [0.1, 0.15) is 29.8 Å². The van der Waals surface area contributed by atoms with Gasteiger partial charge in [-0.15, -0.1) is 0 Å². The van der Waals surface area contributed by atoms with Crippen LogP contribution in [0.2, 0.25) is 0 Å². The summed E-state index contributed by atoms with van der Waals surface area (Å²) in [6, 6.07) is 7.66. The van der Waals surface area contributed by atoms with Crippen molar-refractivity contribution in [2.75, 3.05) is 0 Å². The molecule has 0 fully saturated rings. The summed E-state index contributed by atoms with van der Waals surface area (Å²) in [5.41, 5.74) is 2.02. The summed E-state index contributed by atoms with van der Waals surface area (Å²) >= 11 is 0. The van der Waals surface area contributed by atoms with Crippen molar-refractivity contribution in [3.8, 4) is 5.75 Å². The fourth-order valence-corrected chi connectivity index (χ4v) is 2.59. The van der Waals surface area contributed by atoms with Crippen molar-refractivity contribution >= 4 is 5.57 Å². The second-order valence-corrected chi connectivity index (χ2v) is 5.29. The molecule has 1 aliphatic carbocycles. The Morgan fingerprint density at radius 3 is 2.45 bits per heavy atom. The van der Waals surface area contributed by atoms with Crippen molar-refractivity contribution in [2.45, 2.75) is 25.9 Å². The molecule has 4 heteroatoms. The van der Waals surface area contributed by atoms with Crippen molar-refractivity contribution in [1.29, 1.82) is 0 Å². The number of ether oxygens (including phenoxy) is 1. The summed E-state index contributed by atoms with van der Waals surface area (Å²) in [6.07, 6.45) is 4.96. The molecule has 0 amide bonds. The van der Waals surface area contributed by atoms with E-state index in [9.17, 15) is 13.2 Å². The first-order chi connectivity index (χ1) is 10.6. The van der Waals surface area contributed by atoms with Crippen molar-refractivity contribution in [1.82, 2.24) is 0 Å². The lowest BCUT2D eigenvalue weighted by Gasteiger charge is -2.13. The third-order valence-corrected chi connectivity index (χ3v) is 3.73. The Balaban J connectivity index is 1.83. The first kappa shape index (κ1) is 14.7. The van der Waals surface area contributed by atoms with E-state index in [0.717, 1.165) is 30.9 Å². The first-order valence-corrected chi connectivity index (χ1v) is 7.19. The molecule has 0 saturated carbocycles. The SMILES string of the molecule is Fc1ccc(COc2ccc(F)cc2C2=CCCC2)c(F)c1. The van der Waals surface area contributed by atoms with Gasteiger partial charge in [0.2, 0.25) is 0 Å². The zero-order valence-corrected chi connectivity index (χ0v) is 11.9. The maximum Gasteiger partial charge on any atom is 0.132 e. The van der Waals surface area contributed by atoms with Crippen LogP contribution in [0.1, 0.15) is 30.4 Å². The highest BCUT2D eigenvalue weighted by Crippen LogP contribution is 2.34. The van der Waals surface area contributed by atoms with E-state index in [0.29, 0.717) is 11.3 Å². The summed E-state index contributed by atoms with van der Waals surface area (Å²) in [5, 5.41) is 0. The molecule has 0 N–H and O–H groups in total. The lowest BCUT2D eigenvalue weighted by molar-refractivity contribution is 0.298. The van der Waals surface area contributed by atoms with Gasteiger partial charge in [-0.05, 0) is 55.2 Å². The zero-order chi connectivity index (χ0) is 15.5. The molecule has 0 saturated heterocycles. The predicted octanol–water partition coefficient (Wildman–Crippen LogP) is 5.25. The molecule has 22 heavy (non-hydrogen) atoms. The van der Waals surface area contributed by atoms with Gasteiger partial charge in [0, 0.05) is 17.2 Å². The standard InChI is InChI=1S/C18H15F3O/c19-14-7-8-18(16(9-14)12-3-1-2-4-12)22-11-13-5-6-15(20)10-17(13)21/h3,5-10H,1-2,4,11H2. The molecule has 0 aromatic heterocycles. The van der Waals surface area contributed by atoms with Crippen molar-refractivity contribution in [3.63, 3.8) is 0 Å². The molecule has 0 aliphatic heterocycles. The fourth-order valence-electron chi connectivity index (χ4n) is 2.59. The van der Waals surface area contributed by atoms with E-state index in [2.05, 4.69) is 6.08 Å². The van der Waals surface area contributed by atoms with E-state index >= 15 is 0 Å². The van der Waals surface area contributed by atoms with E-state index < -0.39 is 11.6 Å². The maximum atomic E-state index is 13.6. The van der Waals surface area contributed by atoms with Gasteiger partial charge in [-0.25, -0.2) is 13.2 Å². The number of halogens is 3. The van der Waals surface area contributed by atoms with Gasteiger partial charge in [-0.1, -0.05) is 6.08 Å². The molecule has 0 bridgehead atoms. The van der Waals surface area contributed by atoms with Gasteiger partial charge in [-0.2, -0.15) is 0 Å². The van der Waals surface area contributed by atoms with Crippen LogP contribution in [0, 0.1) is 17.5 Å². The number of rotatable bonds is 4.